The Hall–Kier alpha value is -0.480. The maximum absolute atomic E-state index is 5.74. The lowest BCUT2D eigenvalue weighted by molar-refractivity contribution is 0.627. The van der Waals surface area contributed by atoms with E-state index in [0.29, 0.717) is 17.8 Å². The molecule has 0 N–H and O–H groups in total. The first kappa shape index (κ1) is 11.6. The molecule has 2 aliphatic rings. The van der Waals surface area contributed by atoms with Crippen molar-refractivity contribution >= 4 is 23.4 Å². The van der Waals surface area contributed by atoms with Gasteiger partial charge < -0.3 is 4.57 Å². The number of thioether (sulfide) groups is 1. The SMILES string of the molecule is C=C(CCl)CSc1nnc(C2CC2)n1C1CC1. The summed E-state index contributed by atoms with van der Waals surface area (Å²) in [4.78, 5) is 0. The normalized spacial score (nSPS) is 19.6. The molecular formula is C12H16ClN3S. The Morgan fingerprint density at radius 2 is 2.12 bits per heavy atom. The van der Waals surface area contributed by atoms with Gasteiger partial charge in [0.1, 0.15) is 5.82 Å². The van der Waals surface area contributed by atoms with E-state index in [-0.39, 0.29) is 0 Å². The van der Waals surface area contributed by atoms with Gasteiger partial charge in [-0.3, -0.25) is 0 Å². The lowest BCUT2D eigenvalue weighted by Crippen LogP contribution is -2.02. The number of hydrogen-bond acceptors (Lipinski definition) is 3. The Labute approximate surface area is 111 Å². The molecule has 17 heavy (non-hydrogen) atoms. The standard InChI is InChI=1S/C12H16ClN3S/c1-8(6-13)7-17-12-15-14-11(9-2-3-9)16(12)10-4-5-10/h9-10H,1-7H2. The monoisotopic (exact) mass is 269 g/mol. The summed E-state index contributed by atoms with van der Waals surface area (Å²) < 4.78 is 2.36. The van der Waals surface area contributed by atoms with E-state index in [1.165, 1.54) is 31.5 Å². The highest BCUT2D eigenvalue weighted by molar-refractivity contribution is 7.99. The van der Waals surface area contributed by atoms with Crippen LogP contribution in [0.2, 0.25) is 0 Å². The fourth-order valence-corrected chi connectivity index (χ4v) is 3.01. The van der Waals surface area contributed by atoms with E-state index in [1.54, 1.807) is 11.8 Å². The molecule has 0 amide bonds. The van der Waals surface area contributed by atoms with E-state index in [2.05, 4.69) is 21.3 Å². The molecule has 1 heterocycles. The van der Waals surface area contributed by atoms with Crippen LogP contribution in [-0.4, -0.2) is 26.4 Å². The maximum atomic E-state index is 5.74. The second-order valence-electron chi connectivity index (χ2n) is 4.89. The lowest BCUT2D eigenvalue weighted by atomic mass is 10.4. The first-order chi connectivity index (χ1) is 8.29. The molecule has 92 valence electrons. The fraction of sp³-hybridized carbons (Fsp3) is 0.667. The summed E-state index contributed by atoms with van der Waals surface area (Å²) >= 11 is 7.46. The van der Waals surface area contributed by atoms with Crippen LogP contribution >= 0.6 is 23.4 Å². The van der Waals surface area contributed by atoms with Crippen molar-refractivity contribution in [3.8, 4) is 0 Å². The van der Waals surface area contributed by atoms with Crippen LogP contribution in [0.5, 0.6) is 0 Å². The molecular weight excluding hydrogens is 254 g/mol. The Bertz CT molecular complexity index is 435. The summed E-state index contributed by atoms with van der Waals surface area (Å²) in [6, 6.07) is 0.660. The van der Waals surface area contributed by atoms with Crippen LogP contribution in [-0.2, 0) is 0 Å². The van der Waals surface area contributed by atoms with Crippen molar-refractivity contribution in [3.05, 3.63) is 18.0 Å². The average molecular weight is 270 g/mol. The van der Waals surface area contributed by atoms with Crippen LogP contribution in [0.1, 0.15) is 43.5 Å². The molecule has 0 atom stereocenters. The summed E-state index contributed by atoms with van der Waals surface area (Å²) in [7, 11) is 0. The van der Waals surface area contributed by atoms with Crippen molar-refractivity contribution < 1.29 is 0 Å². The molecule has 0 radical (unpaired) electrons. The van der Waals surface area contributed by atoms with Crippen LogP contribution in [0.4, 0.5) is 0 Å². The van der Waals surface area contributed by atoms with Crippen molar-refractivity contribution in [1.82, 2.24) is 14.8 Å². The predicted octanol–water partition coefficient (Wildman–Crippen LogP) is 3.38. The number of hydrogen-bond donors (Lipinski definition) is 0. The molecule has 2 aliphatic carbocycles. The van der Waals surface area contributed by atoms with Crippen LogP contribution in [0.25, 0.3) is 0 Å². The molecule has 5 heteroatoms. The van der Waals surface area contributed by atoms with Gasteiger partial charge >= 0.3 is 0 Å². The molecule has 0 unspecified atom stereocenters. The topological polar surface area (TPSA) is 30.7 Å². The van der Waals surface area contributed by atoms with E-state index in [1.807, 2.05) is 0 Å². The molecule has 0 spiro atoms. The smallest absolute Gasteiger partial charge is 0.191 e. The Morgan fingerprint density at radius 3 is 2.71 bits per heavy atom. The summed E-state index contributed by atoms with van der Waals surface area (Å²) in [5.41, 5.74) is 1.05. The van der Waals surface area contributed by atoms with Gasteiger partial charge in [0.25, 0.3) is 0 Å². The first-order valence-electron chi connectivity index (χ1n) is 6.10. The number of nitrogens with zero attached hydrogens (tertiary/aromatic N) is 3. The van der Waals surface area contributed by atoms with Gasteiger partial charge in [-0.15, -0.1) is 21.8 Å². The highest BCUT2D eigenvalue weighted by Crippen LogP contribution is 2.46. The number of aromatic nitrogens is 3. The van der Waals surface area contributed by atoms with E-state index in [4.69, 9.17) is 11.6 Å². The van der Waals surface area contributed by atoms with E-state index < -0.39 is 0 Å². The highest BCUT2D eigenvalue weighted by atomic mass is 35.5. The third-order valence-electron chi connectivity index (χ3n) is 3.14. The quantitative estimate of drug-likeness (QED) is 0.451. The second-order valence-corrected chi connectivity index (χ2v) is 6.10. The van der Waals surface area contributed by atoms with Crippen LogP contribution in [0, 0.1) is 0 Å². The van der Waals surface area contributed by atoms with E-state index >= 15 is 0 Å². The molecule has 3 nitrogen and oxygen atoms in total. The van der Waals surface area contributed by atoms with Gasteiger partial charge in [-0.2, -0.15) is 0 Å². The fourth-order valence-electron chi connectivity index (χ4n) is 1.89. The predicted molar refractivity (Wildman–Crippen MR) is 70.9 cm³/mol. The van der Waals surface area contributed by atoms with E-state index in [0.717, 1.165) is 16.5 Å². The summed E-state index contributed by atoms with van der Waals surface area (Å²) in [5, 5.41) is 9.77. The van der Waals surface area contributed by atoms with Gasteiger partial charge in [-0.25, -0.2) is 0 Å². The van der Waals surface area contributed by atoms with Gasteiger partial charge in [-0.05, 0) is 25.7 Å². The minimum atomic E-state index is 0.528. The van der Waals surface area contributed by atoms with Gasteiger partial charge in [-0.1, -0.05) is 23.9 Å². The van der Waals surface area contributed by atoms with Crippen molar-refractivity contribution in [2.75, 3.05) is 11.6 Å². The molecule has 0 saturated heterocycles. The summed E-state index contributed by atoms with van der Waals surface area (Å²) in [6.45, 7) is 3.92. The van der Waals surface area contributed by atoms with Crippen LogP contribution < -0.4 is 0 Å². The minimum absolute atomic E-state index is 0.528. The van der Waals surface area contributed by atoms with Crippen LogP contribution in [0.3, 0.4) is 0 Å². The van der Waals surface area contributed by atoms with Crippen molar-refractivity contribution in [1.29, 1.82) is 0 Å². The minimum Gasteiger partial charge on any atom is -0.303 e. The van der Waals surface area contributed by atoms with Gasteiger partial charge in [0.05, 0.1) is 0 Å². The third-order valence-corrected chi connectivity index (χ3v) is 4.61. The summed E-state index contributed by atoms with van der Waals surface area (Å²) in [5.74, 6) is 3.26. The summed E-state index contributed by atoms with van der Waals surface area (Å²) in [6.07, 6.45) is 5.12. The number of alkyl halides is 1. The average Bonchev–Trinajstić information content (AvgIpc) is 3.24. The number of halogens is 1. The zero-order valence-corrected chi connectivity index (χ0v) is 11.3. The van der Waals surface area contributed by atoms with Gasteiger partial charge in [0.15, 0.2) is 5.16 Å². The molecule has 3 rings (SSSR count). The van der Waals surface area contributed by atoms with Gasteiger partial charge in [0.2, 0.25) is 0 Å². The molecule has 0 aromatic carbocycles. The Balaban J connectivity index is 1.76. The molecule has 2 fully saturated rings. The second kappa shape index (κ2) is 4.65. The Morgan fingerprint density at radius 1 is 1.35 bits per heavy atom. The number of rotatable bonds is 6. The van der Waals surface area contributed by atoms with E-state index in [9.17, 15) is 0 Å². The lowest BCUT2D eigenvalue weighted by Gasteiger charge is -2.08. The zero-order valence-electron chi connectivity index (χ0n) is 9.73. The maximum Gasteiger partial charge on any atom is 0.191 e. The molecule has 2 saturated carbocycles. The largest absolute Gasteiger partial charge is 0.303 e. The van der Waals surface area contributed by atoms with Crippen molar-refractivity contribution in [2.45, 2.75) is 42.8 Å². The molecule has 1 aromatic rings. The van der Waals surface area contributed by atoms with Crippen LogP contribution in [0.15, 0.2) is 17.3 Å². The Kier molecular flexibility index (Phi) is 3.17. The zero-order chi connectivity index (χ0) is 11.8. The van der Waals surface area contributed by atoms with Crippen molar-refractivity contribution in [2.24, 2.45) is 0 Å². The molecule has 1 aromatic heterocycles. The third kappa shape index (κ3) is 2.52. The van der Waals surface area contributed by atoms with Gasteiger partial charge in [0, 0.05) is 23.6 Å². The highest BCUT2D eigenvalue weighted by Gasteiger charge is 2.36. The molecule has 0 bridgehead atoms. The molecule has 0 aliphatic heterocycles. The first-order valence-corrected chi connectivity index (χ1v) is 7.62. The van der Waals surface area contributed by atoms with Crippen molar-refractivity contribution in [3.63, 3.8) is 0 Å².